The van der Waals surface area contributed by atoms with Crippen LogP contribution in [0.25, 0.3) is 0 Å². The average molecular weight is 387 g/mol. The quantitative estimate of drug-likeness (QED) is 0.798. The zero-order valence-corrected chi connectivity index (χ0v) is 16.7. The fourth-order valence-electron chi connectivity index (χ4n) is 3.57. The van der Waals surface area contributed by atoms with E-state index in [0.717, 1.165) is 48.8 Å². The first kappa shape index (κ1) is 19.7. The summed E-state index contributed by atoms with van der Waals surface area (Å²) in [5, 5.41) is 3.92. The van der Waals surface area contributed by atoms with Crippen LogP contribution >= 0.6 is 11.6 Å². The van der Waals surface area contributed by atoms with E-state index >= 15 is 0 Å². The highest BCUT2D eigenvalue weighted by molar-refractivity contribution is 6.30. The minimum absolute atomic E-state index is 0.0185. The number of carbonyl (C=O) groups is 1. The van der Waals surface area contributed by atoms with E-state index in [0.29, 0.717) is 0 Å². The molecule has 0 bridgehead atoms. The molecule has 0 spiro atoms. The Kier molecular flexibility index (Phi) is 6.75. The van der Waals surface area contributed by atoms with Crippen molar-refractivity contribution in [3.8, 4) is 5.75 Å². The number of nitrogens with zero attached hydrogens (tertiary/aromatic N) is 1. The number of benzene rings is 2. The van der Waals surface area contributed by atoms with E-state index in [2.05, 4.69) is 22.3 Å². The molecule has 1 N–H and O–H groups in total. The third-order valence-electron chi connectivity index (χ3n) is 5.17. The maximum absolute atomic E-state index is 12.8. The predicted molar refractivity (Wildman–Crippen MR) is 109 cm³/mol. The molecule has 1 amide bonds. The Bertz CT molecular complexity index is 746. The molecule has 2 aromatic carbocycles. The highest BCUT2D eigenvalue weighted by Gasteiger charge is 2.26. The zero-order chi connectivity index (χ0) is 19.2. The van der Waals surface area contributed by atoms with Gasteiger partial charge in [-0.25, -0.2) is 0 Å². The van der Waals surface area contributed by atoms with E-state index in [1.54, 1.807) is 7.11 Å². The van der Waals surface area contributed by atoms with Crippen molar-refractivity contribution >= 4 is 17.5 Å². The fraction of sp³-hybridized carbons (Fsp3) is 0.409. The van der Waals surface area contributed by atoms with Crippen LogP contribution in [0, 0.1) is 5.92 Å². The summed E-state index contributed by atoms with van der Waals surface area (Å²) in [5.41, 5.74) is 2.31. The number of likely N-dealkylation sites (tertiary alicyclic amines) is 1. The van der Waals surface area contributed by atoms with E-state index < -0.39 is 0 Å². The van der Waals surface area contributed by atoms with Crippen LogP contribution in [0.4, 0.5) is 0 Å². The summed E-state index contributed by atoms with van der Waals surface area (Å²) in [7, 11) is 1.65. The lowest BCUT2D eigenvalue weighted by molar-refractivity contribution is -0.127. The molecule has 2 aromatic rings. The third-order valence-corrected chi connectivity index (χ3v) is 5.42. The number of methoxy groups -OCH3 is 1. The second kappa shape index (κ2) is 9.25. The molecule has 144 valence electrons. The lowest BCUT2D eigenvalue weighted by atomic mass is 9.96. The fourth-order valence-corrected chi connectivity index (χ4v) is 3.69. The number of nitrogens with one attached hydrogen (secondary N) is 1. The van der Waals surface area contributed by atoms with Gasteiger partial charge in [-0.1, -0.05) is 35.9 Å². The zero-order valence-electron chi connectivity index (χ0n) is 16.0. The molecule has 0 unspecified atom stereocenters. The van der Waals surface area contributed by atoms with E-state index in [9.17, 15) is 4.79 Å². The van der Waals surface area contributed by atoms with Crippen LogP contribution in [-0.4, -0.2) is 31.0 Å². The Labute approximate surface area is 166 Å². The van der Waals surface area contributed by atoms with Gasteiger partial charge in [0.2, 0.25) is 5.91 Å². The second-order valence-corrected chi connectivity index (χ2v) is 7.64. The first-order chi connectivity index (χ1) is 13.0. The summed E-state index contributed by atoms with van der Waals surface area (Å²) >= 11 is 5.96. The monoisotopic (exact) mass is 386 g/mol. The highest BCUT2D eigenvalue weighted by atomic mass is 35.5. The van der Waals surface area contributed by atoms with Crippen LogP contribution in [0.15, 0.2) is 48.5 Å². The number of rotatable bonds is 6. The van der Waals surface area contributed by atoms with Crippen molar-refractivity contribution in [1.82, 2.24) is 10.2 Å². The Morgan fingerprint density at radius 3 is 2.59 bits per heavy atom. The van der Waals surface area contributed by atoms with Gasteiger partial charge in [-0.3, -0.25) is 9.69 Å². The van der Waals surface area contributed by atoms with Gasteiger partial charge in [0.15, 0.2) is 0 Å². The first-order valence-corrected chi connectivity index (χ1v) is 9.84. The summed E-state index contributed by atoms with van der Waals surface area (Å²) in [6.07, 6.45) is 1.99. The van der Waals surface area contributed by atoms with Gasteiger partial charge < -0.3 is 10.1 Å². The number of halogens is 1. The SMILES string of the molecule is COc1ccc([C@@H](C)NC(=O)[C@H]2CCCN(Cc3ccc(Cl)cc3)C2)cc1. The molecule has 1 fully saturated rings. The summed E-state index contributed by atoms with van der Waals surface area (Å²) in [6.45, 7) is 4.70. The normalized spacial score (nSPS) is 18.7. The number of piperidine rings is 1. The lowest BCUT2D eigenvalue weighted by Crippen LogP contribution is -2.43. The third kappa shape index (κ3) is 5.47. The van der Waals surface area contributed by atoms with Crippen molar-refractivity contribution < 1.29 is 9.53 Å². The number of hydrogen-bond donors (Lipinski definition) is 1. The molecule has 4 nitrogen and oxygen atoms in total. The summed E-state index contributed by atoms with van der Waals surface area (Å²) in [4.78, 5) is 15.1. The predicted octanol–water partition coefficient (Wildman–Crippen LogP) is 4.44. The van der Waals surface area contributed by atoms with Crippen molar-refractivity contribution in [2.24, 2.45) is 5.92 Å². The Hall–Kier alpha value is -2.04. The number of ether oxygens (including phenoxy) is 1. The van der Waals surface area contributed by atoms with Crippen molar-refractivity contribution in [3.05, 3.63) is 64.7 Å². The number of amides is 1. The van der Waals surface area contributed by atoms with Gasteiger partial charge in [-0.05, 0) is 61.7 Å². The summed E-state index contributed by atoms with van der Waals surface area (Å²) in [5.74, 6) is 0.994. The van der Waals surface area contributed by atoms with Gasteiger partial charge in [0.05, 0.1) is 19.1 Å². The van der Waals surface area contributed by atoms with Gasteiger partial charge in [0, 0.05) is 18.1 Å². The van der Waals surface area contributed by atoms with Gasteiger partial charge in [-0.2, -0.15) is 0 Å². The van der Waals surface area contributed by atoms with Crippen LogP contribution in [0.3, 0.4) is 0 Å². The maximum atomic E-state index is 12.8. The molecular formula is C22H27ClN2O2. The van der Waals surface area contributed by atoms with Crippen LogP contribution in [0.1, 0.15) is 36.9 Å². The molecule has 1 aliphatic heterocycles. The van der Waals surface area contributed by atoms with Gasteiger partial charge >= 0.3 is 0 Å². The minimum Gasteiger partial charge on any atom is -0.497 e. The lowest BCUT2D eigenvalue weighted by Gasteiger charge is -2.32. The Morgan fingerprint density at radius 2 is 1.93 bits per heavy atom. The molecule has 0 aromatic heterocycles. The topological polar surface area (TPSA) is 41.6 Å². The molecule has 1 aliphatic rings. The molecule has 1 saturated heterocycles. The highest BCUT2D eigenvalue weighted by Crippen LogP contribution is 2.22. The van der Waals surface area contributed by atoms with Crippen molar-refractivity contribution in [2.45, 2.75) is 32.4 Å². The van der Waals surface area contributed by atoms with Gasteiger partial charge in [0.25, 0.3) is 0 Å². The summed E-state index contributed by atoms with van der Waals surface area (Å²) < 4.78 is 5.19. The van der Waals surface area contributed by atoms with Crippen molar-refractivity contribution in [3.63, 3.8) is 0 Å². The van der Waals surface area contributed by atoms with E-state index in [1.165, 1.54) is 5.56 Å². The van der Waals surface area contributed by atoms with Gasteiger partial charge in [0.1, 0.15) is 5.75 Å². The summed E-state index contributed by atoms with van der Waals surface area (Å²) in [6, 6.07) is 15.8. The van der Waals surface area contributed by atoms with Crippen LogP contribution in [-0.2, 0) is 11.3 Å². The smallest absolute Gasteiger partial charge is 0.224 e. The molecule has 1 heterocycles. The van der Waals surface area contributed by atoms with Crippen LogP contribution < -0.4 is 10.1 Å². The Morgan fingerprint density at radius 1 is 1.22 bits per heavy atom. The molecule has 27 heavy (non-hydrogen) atoms. The first-order valence-electron chi connectivity index (χ1n) is 9.46. The van der Waals surface area contributed by atoms with E-state index in [1.807, 2.05) is 43.3 Å². The minimum atomic E-state index is -0.0185. The maximum Gasteiger partial charge on any atom is 0.224 e. The second-order valence-electron chi connectivity index (χ2n) is 7.20. The van der Waals surface area contributed by atoms with Gasteiger partial charge in [-0.15, -0.1) is 0 Å². The molecule has 2 atom stereocenters. The van der Waals surface area contributed by atoms with Crippen LogP contribution in [0.5, 0.6) is 5.75 Å². The Balaban J connectivity index is 1.54. The number of hydrogen-bond acceptors (Lipinski definition) is 3. The number of carbonyl (C=O) groups excluding carboxylic acids is 1. The molecular weight excluding hydrogens is 360 g/mol. The van der Waals surface area contributed by atoms with Crippen molar-refractivity contribution in [2.75, 3.05) is 20.2 Å². The van der Waals surface area contributed by atoms with Crippen molar-refractivity contribution in [1.29, 1.82) is 0 Å². The molecule has 0 radical (unpaired) electrons. The standard InChI is InChI=1S/C22H27ClN2O2/c1-16(18-7-11-21(27-2)12-8-18)24-22(26)19-4-3-13-25(15-19)14-17-5-9-20(23)10-6-17/h5-12,16,19H,3-4,13-15H2,1-2H3,(H,24,26)/t16-,19+/m1/s1. The van der Waals surface area contributed by atoms with Crippen LogP contribution in [0.2, 0.25) is 5.02 Å². The largest absolute Gasteiger partial charge is 0.497 e. The van der Waals surface area contributed by atoms with E-state index in [4.69, 9.17) is 16.3 Å². The molecule has 3 rings (SSSR count). The molecule has 0 aliphatic carbocycles. The molecule has 0 saturated carbocycles. The van der Waals surface area contributed by atoms with E-state index in [-0.39, 0.29) is 17.9 Å². The average Bonchev–Trinajstić information content (AvgIpc) is 2.70. The molecule has 5 heteroatoms.